The highest BCUT2D eigenvalue weighted by molar-refractivity contribution is 6.42. The van der Waals surface area contributed by atoms with Gasteiger partial charge < -0.3 is 16.0 Å². The van der Waals surface area contributed by atoms with E-state index in [0.29, 0.717) is 16.6 Å². The Balaban J connectivity index is 2.62. The second-order valence-electron chi connectivity index (χ2n) is 4.22. The van der Waals surface area contributed by atoms with Crippen LogP contribution < -0.4 is 11.1 Å². The average Bonchev–Trinajstić information content (AvgIpc) is 2.28. The second-order valence-corrected chi connectivity index (χ2v) is 5.03. The fourth-order valence-electron chi connectivity index (χ4n) is 1.53. The summed E-state index contributed by atoms with van der Waals surface area (Å²) in [7, 11) is 4.08. The van der Waals surface area contributed by atoms with Crippen LogP contribution in [0.3, 0.4) is 0 Å². The van der Waals surface area contributed by atoms with Crippen LogP contribution in [0.1, 0.15) is 11.6 Å². The van der Waals surface area contributed by atoms with Gasteiger partial charge in [0.15, 0.2) is 0 Å². The summed E-state index contributed by atoms with van der Waals surface area (Å²) in [5.74, 6) is 0. The van der Waals surface area contributed by atoms with Crippen molar-refractivity contribution >= 4 is 23.2 Å². The molecule has 0 aliphatic heterocycles. The molecule has 1 atom stereocenters. The Morgan fingerprint density at radius 2 is 2.00 bits per heavy atom. The Morgan fingerprint density at radius 3 is 2.53 bits per heavy atom. The largest absolute Gasteiger partial charge is 0.329 e. The quantitative estimate of drug-likeness (QED) is 0.836. The van der Waals surface area contributed by atoms with E-state index in [1.807, 2.05) is 26.2 Å². The van der Waals surface area contributed by atoms with Crippen LogP contribution in [0.15, 0.2) is 18.2 Å². The first-order chi connectivity index (χ1) is 8.04. The van der Waals surface area contributed by atoms with Crippen molar-refractivity contribution < 1.29 is 0 Å². The SMILES string of the molecule is CN(C)CCNC(CN)c1ccc(Cl)c(Cl)c1. The predicted octanol–water partition coefficient (Wildman–Crippen LogP) is 2.14. The average molecular weight is 276 g/mol. The molecule has 3 N–H and O–H groups in total. The van der Waals surface area contributed by atoms with Gasteiger partial charge >= 0.3 is 0 Å². The van der Waals surface area contributed by atoms with Gasteiger partial charge in [0, 0.05) is 25.7 Å². The lowest BCUT2D eigenvalue weighted by atomic mass is 10.1. The number of nitrogens with one attached hydrogen (secondary N) is 1. The van der Waals surface area contributed by atoms with Gasteiger partial charge in [0.2, 0.25) is 0 Å². The molecule has 5 heteroatoms. The molecule has 1 aromatic rings. The predicted molar refractivity (Wildman–Crippen MR) is 74.8 cm³/mol. The molecule has 1 unspecified atom stereocenters. The number of halogens is 2. The summed E-state index contributed by atoms with van der Waals surface area (Å²) in [5.41, 5.74) is 6.83. The zero-order valence-electron chi connectivity index (χ0n) is 10.2. The normalized spacial score (nSPS) is 13.1. The third-order valence-corrected chi connectivity index (χ3v) is 3.27. The van der Waals surface area contributed by atoms with E-state index in [9.17, 15) is 0 Å². The highest BCUT2D eigenvalue weighted by atomic mass is 35.5. The summed E-state index contributed by atoms with van der Waals surface area (Å²) in [4.78, 5) is 2.12. The van der Waals surface area contributed by atoms with Crippen molar-refractivity contribution in [3.8, 4) is 0 Å². The fourth-order valence-corrected chi connectivity index (χ4v) is 1.84. The summed E-state index contributed by atoms with van der Waals surface area (Å²) >= 11 is 11.9. The number of hydrogen-bond acceptors (Lipinski definition) is 3. The number of hydrogen-bond donors (Lipinski definition) is 2. The van der Waals surface area contributed by atoms with Gasteiger partial charge in [-0.2, -0.15) is 0 Å². The first-order valence-corrected chi connectivity index (χ1v) is 6.33. The van der Waals surface area contributed by atoms with Gasteiger partial charge in [-0.15, -0.1) is 0 Å². The lowest BCUT2D eigenvalue weighted by molar-refractivity contribution is 0.385. The van der Waals surface area contributed by atoms with Crippen LogP contribution in [0.4, 0.5) is 0 Å². The first-order valence-electron chi connectivity index (χ1n) is 5.57. The number of nitrogens with zero attached hydrogens (tertiary/aromatic N) is 1. The number of rotatable bonds is 6. The molecular formula is C12H19Cl2N3. The standard InChI is InChI=1S/C12H19Cl2N3/c1-17(2)6-5-16-12(8-15)9-3-4-10(13)11(14)7-9/h3-4,7,12,16H,5-6,8,15H2,1-2H3. The molecule has 0 aliphatic rings. The zero-order valence-corrected chi connectivity index (χ0v) is 11.7. The fraction of sp³-hybridized carbons (Fsp3) is 0.500. The molecule has 96 valence electrons. The summed E-state index contributed by atoms with van der Waals surface area (Å²) in [5, 5.41) is 4.53. The Hall–Kier alpha value is -0.320. The minimum atomic E-state index is 0.115. The third kappa shape index (κ3) is 4.82. The van der Waals surface area contributed by atoms with Crippen LogP contribution in [-0.2, 0) is 0 Å². The molecular weight excluding hydrogens is 257 g/mol. The molecule has 17 heavy (non-hydrogen) atoms. The van der Waals surface area contributed by atoms with Crippen molar-refractivity contribution in [2.75, 3.05) is 33.7 Å². The highest BCUT2D eigenvalue weighted by Gasteiger charge is 2.10. The topological polar surface area (TPSA) is 41.3 Å². The molecule has 0 heterocycles. The Kier molecular flexibility index (Phi) is 6.23. The maximum Gasteiger partial charge on any atom is 0.0595 e. The van der Waals surface area contributed by atoms with E-state index in [1.54, 1.807) is 6.07 Å². The van der Waals surface area contributed by atoms with Crippen LogP contribution in [-0.4, -0.2) is 38.6 Å². The van der Waals surface area contributed by atoms with E-state index in [-0.39, 0.29) is 6.04 Å². The van der Waals surface area contributed by atoms with Gasteiger partial charge in [0.25, 0.3) is 0 Å². The number of benzene rings is 1. The molecule has 0 fully saturated rings. The van der Waals surface area contributed by atoms with Crippen LogP contribution in [0.2, 0.25) is 10.0 Å². The number of nitrogens with two attached hydrogens (primary N) is 1. The smallest absolute Gasteiger partial charge is 0.0595 e. The van der Waals surface area contributed by atoms with E-state index < -0.39 is 0 Å². The summed E-state index contributed by atoms with van der Waals surface area (Å²) in [6.07, 6.45) is 0. The summed E-state index contributed by atoms with van der Waals surface area (Å²) in [6.45, 7) is 2.39. The second kappa shape index (κ2) is 7.19. The van der Waals surface area contributed by atoms with Gasteiger partial charge in [0.05, 0.1) is 10.0 Å². The molecule has 0 saturated heterocycles. The van der Waals surface area contributed by atoms with E-state index >= 15 is 0 Å². The number of likely N-dealkylation sites (N-methyl/N-ethyl adjacent to an activating group) is 1. The van der Waals surface area contributed by atoms with Crippen LogP contribution in [0.25, 0.3) is 0 Å². The molecule has 0 aromatic heterocycles. The highest BCUT2D eigenvalue weighted by Crippen LogP contribution is 2.25. The third-order valence-electron chi connectivity index (χ3n) is 2.53. The van der Waals surface area contributed by atoms with Gasteiger partial charge in [0.1, 0.15) is 0 Å². The van der Waals surface area contributed by atoms with Gasteiger partial charge in [-0.05, 0) is 31.8 Å². The maximum atomic E-state index is 5.99. The molecule has 0 bridgehead atoms. The van der Waals surface area contributed by atoms with Gasteiger partial charge in [-0.25, -0.2) is 0 Å². The van der Waals surface area contributed by atoms with Crippen LogP contribution in [0.5, 0.6) is 0 Å². The first kappa shape index (κ1) is 14.7. The minimum Gasteiger partial charge on any atom is -0.329 e. The minimum absolute atomic E-state index is 0.115. The van der Waals surface area contributed by atoms with Crippen molar-refractivity contribution in [2.24, 2.45) is 5.73 Å². The molecule has 3 nitrogen and oxygen atoms in total. The lowest BCUT2D eigenvalue weighted by Crippen LogP contribution is -2.33. The summed E-state index contributed by atoms with van der Waals surface area (Å²) in [6, 6.07) is 5.73. The Bertz CT molecular complexity index is 356. The van der Waals surface area contributed by atoms with Crippen molar-refractivity contribution in [1.29, 1.82) is 0 Å². The van der Waals surface area contributed by atoms with Crippen molar-refractivity contribution in [3.05, 3.63) is 33.8 Å². The van der Waals surface area contributed by atoms with Crippen LogP contribution >= 0.6 is 23.2 Å². The molecule has 0 radical (unpaired) electrons. The van der Waals surface area contributed by atoms with E-state index in [4.69, 9.17) is 28.9 Å². The molecule has 0 spiro atoms. The zero-order chi connectivity index (χ0) is 12.8. The monoisotopic (exact) mass is 275 g/mol. The molecule has 1 aromatic carbocycles. The molecule has 0 amide bonds. The van der Waals surface area contributed by atoms with Crippen molar-refractivity contribution in [2.45, 2.75) is 6.04 Å². The molecule has 1 rings (SSSR count). The van der Waals surface area contributed by atoms with Gasteiger partial charge in [-0.1, -0.05) is 29.3 Å². The Labute approximate surface area is 113 Å². The Morgan fingerprint density at radius 1 is 1.29 bits per heavy atom. The van der Waals surface area contributed by atoms with E-state index in [0.717, 1.165) is 18.7 Å². The van der Waals surface area contributed by atoms with Crippen molar-refractivity contribution in [1.82, 2.24) is 10.2 Å². The van der Waals surface area contributed by atoms with Crippen LogP contribution in [0, 0.1) is 0 Å². The van der Waals surface area contributed by atoms with Crippen molar-refractivity contribution in [3.63, 3.8) is 0 Å². The summed E-state index contributed by atoms with van der Waals surface area (Å²) < 4.78 is 0. The lowest BCUT2D eigenvalue weighted by Gasteiger charge is -2.19. The van der Waals surface area contributed by atoms with E-state index in [1.165, 1.54) is 0 Å². The molecule has 0 saturated carbocycles. The molecule has 0 aliphatic carbocycles. The van der Waals surface area contributed by atoms with Gasteiger partial charge in [-0.3, -0.25) is 0 Å². The van der Waals surface area contributed by atoms with E-state index in [2.05, 4.69) is 10.2 Å². The maximum absolute atomic E-state index is 5.99.